The van der Waals surface area contributed by atoms with Crippen LogP contribution in [0.2, 0.25) is 0 Å². The van der Waals surface area contributed by atoms with E-state index >= 15 is 0 Å². The first kappa shape index (κ1) is 8.27. The fourth-order valence-corrected chi connectivity index (χ4v) is 0.729. The fraction of sp³-hybridized carbons (Fsp3) is 0.286. The second-order valence-electron chi connectivity index (χ2n) is 2.06. The van der Waals surface area contributed by atoms with Gasteiger partial charge in [-0.3, -0.25) is 9.41 Å². The molecule has 0 unspecified atom stereocenters. The Bertz CT molecular complexity index is 324. The molecule has 1 rings (SSSR count). The van der Waals surface area contributed by atoms with Gasteiger partial charge >= 0.3 is 5.97 Å². The summed E-state index contributed by atoms with van der Waals surface area (Å²) in [6.07, 6.45) is 2.90. The minimum absolute atomic E-state index is 0.171. The van der Waals surface area contributed by atoms with E-state index in [-0.39, 0.29) is 12.4 Å². The number of nitrogens with zero attached hydrogens (tertiary/aromatic N) is 3. The molecule has 0 fully saturated rings. The standard InChI is InChI=1S/C7H7N3O2/c1-8-4-10-3-6(9-5-10)7(11)12-2/h3,5H,4H2,2H3. The SMILES string of the molecule is [C-]#[N+]Cn1cnc(C(=O)OC)c1. The minimum atomic E-state index is -0.487. The van der Waals surface area contributed by atoms with Gasteiger partial charge in [0.05, 0.1) is 7.11 Å². The topological polar surface area (TPSA) is 48.5 Å². The Hall–Kier alpha value is -1.83. The Balaban J connectivity index is 2.78. The van der Waals surface area contributed by atoms with Crippen molar-refractivity contribution in [2.24, 2.45) is 0 Å². The van der Waals surface area contributed by atoms with Crippen LogP contribution in [0.15, 0.2) is 12.5 Å². The predicted molar refractivity (Wildman–Crippen MR) is 40.2 cm³/mol. The summed E-state index contributed by atoms with van der Waals surface area (Å²) in [6.45, 7) is 6.73. The van der Waals surface area contributed by atoms with Crippen LogP contribution in [-0.4, -0.2) is 22.6 Å². The smallest absolute Gasteiger partial charge is 0.358 e. The van der Waals surface area contributed by atoms with Crippen LogP contribution in [0.1, 0.15) is 10.5 Å². The zero-order valence-corrected chi connectivity index (χ0v) is 6.52. The first-order valence-corrected chi connectivity index (χ1v) is 3.21. The van der Waals surface area contributed by atoms with Crippen LogP contribution >= 0.6 is 0 Å². The fourth-order valence-electron chi connectivity index (χ4n) is 0.729. The van der Waals surface area contributed by atoms with E-state index in [2.05, 4.69) is 14.6 Å². The molecule has 5 heteroatoms. The maximum Gasteiger partial charge on any atom is 0.358 e. The van der Waals surface area contributed by atoms with Gasteiger partial charge in [0.2, 0.25) is 0 Å². The average molecular weight is 165 g/mol. The molecule has 0 aromatic carbocycles. The van der Waals surface area contributed by atoms with Crippen LogP contribution in [0.3, 0.4) is 0 Å². The Labute approximate surface area is 69.4 Å². The molecule has 1 aromatic heterocycles. The van der Waals surface area contributed by atoms with Gasteiger partial charge < -0.3 is 4.74 Å². The first-order valence-electron chi connectivity index (χ1n) is 3.21. The van der Waals surface area contributed by atoms with Gasteiger partial charge in [-0.1, -0.05) is 0 Å². The highest BCUT2D eigenvalue weighted by Gasteiger charge is 2.08. The van der Waals surface area contributed by atoms with Crippen molar-refractivity contribution in [1.29, 1.82) is 0 Å². The average Bonchev–Trinajstić information content (AvgIpc) is 2.52. The summed E-state index contributed by atoms with van der Waals surface area (Å²) in [4.78, 5) is 17.7. The minimum Gasteiger partial charge on any atom is -0.464 e. The summed E-state index contributed by atoms with van der Waals surface area (Å²) in [5.41, 5.74) is 0.223. The first-order chi connectivity index (χ1) is 5.77. The highest BCUT2D eigenvalue weighted by Crippen LogP contribution is 1.97. The van der Waals surface area contributed by atoms with E-state index in [1.54, 1.807) is 0 Å². The van der Waals surface area contributed by atoms with E-state index in [1.807, 2.05) is 0 Å². The molecule has 1 heterocycles. The number of aromatic nitrogens is 2. The van der Waals surface area contributed by atoms with E-state index in [4.69, 9.17) is 6.57 Å². The Kier molecular flexibility index (Phi) is 2.43. The molecule has 12 heavy (non-hydrogen) atoms. The number of carbonyl (C=O) groups is 1. The van der Waals surface area contributed by atoms with Crippen LogP contribution in [0.4, 0.5) is 0 Å². The summed E-state index contributed by atoms with van der Waals surface area (Å²) in [5, 5.41) is 0. The molecule has 0 aliphatic rings. The van der Waals surface area contributed by atoms with Crippen LogP contribution in [0.25, 0.3) is 4.85 Å². The third-order valence-corrected chi connectivity index (χ3v) is 1.26. The molecule has 0 N–H and O–H groups in total. The third kappa shape index (κ3) is 1.61. The predicted octanol–water partition coefficient (Wildman–Crippen LogP) is 0.546. The van der Waals surface area contributed by atoms with E-state index in [0.29, 0.717) is 0 Å². The number of esters is 1. The van der Waals surface area contributed by atoms with Crippen LogP contribution in [0, 0.1) is 6.57 Å². The highest BCUT2D eigenvalue weighted by molar-refractivity contribution is 5.86. The highest BCUT2D eigenvalue weighted by atomic mass is 16.5. The van der Waals surface area contributed by atoms with E-state index in [0.717, 1.165) is 0 Å². The molecule has 0 saturated carbocycles. The van der Waals surface area contributed by atoms with Crippen LogP contribution in [-0.2, 0) is 11.4 Å². The largest absolute Gasteiger partial charge is 0.464 e. The summed E-state index contributed by atoms with van der Waals surface area (Å²) >= 11 is 0. The van der Waals surface area contributed by atoms with Gasteiger partial charge in [0.1, 0.15) is 6.33 Å². The lowest BCUT2D eigenvalue weighted by molar-refractivity contribution is 0.0594. The molecule has 0 spiro atoms. The van der Waals surface area contributed by atoms with Crippen molar-refractivity contribution in [2.75, 3.05) is 7.11 Å². The third-order valence-electron chi connectivity index (χ3n) is 1.26. The van der Waals surface area contributed by atoms with Gasteiger partial charge in [-0.15, -0.1) is 0 Å². The molecule has 62 valence electrons. The quantitative estimate of drug-likeness (QED) is 0.475. The molecular formula is C7H7N3O2. The zero-order valence-electron chi connectivity index (χ0n) is 6.52. The summed E-state index contributed by atoms with van der Waals surface area (Å²) in [5.74, 6) is -0.487. The van der Waals surface area contributed by atoms with E-state index in [9.17, 15) is 4.79 Å². The van der Waals surface area contributed by atoms with E-state index < -0.39 is 5.97 Å². The maximum atomic E-state index is 10.9. The normalized spacial score (nSPS) is 9.00. The molecular weight excluding hydrogens is 158 g/mol. The lowest BCUT2D eigenvalue weighted by Crippen LogP contribution is -2.01. The van der Waals surface area contributed by atoms with Crippen molar-refractivity contribution in [3.8, 4) is 0 Å². The lowest BCUT2D eigenvalue weighted by Gasteiger charge is -1.90. The number of hydrogen-bond donors (Lipinski definition) is 0. The van der Waals surface area contributed by atoms with Gasteiger partial charge in [0.25, 0.3) is 6.67 Å². The Morgan fingerprint density at radius 1 is 1.92 bits per heavy atom. The number of carbonyl (C=O) groups excluding carboxylic acids is 1. The van der Waals surface area contributed by atoms with E-state index in [1.165, 1.54) is 24.2 Å². The summed E-state index contributed by atoms with van der Waals surface area (Å²) in [7, 11) is 1.29. The summed E-state index contributed by atoms with van der Waals surface area (Å²) in [6, 6.07) is 0. The number of rotatable bonds is 2. The Morgan fingerprint density at radius 2 is 2.67 bits per heavy atom. The maximum absolute atomic E-state index is 10.9. The molecule has 5 nitrogen and oxygen atoms in total. The molecule has 0 saturated heterocycles. The number of methoxy groups -OCH3 is 1. The molecule has 0 bridgehead atoms. The van der Waals surface area contributed by atoms with Crippen LogP contribution in [0.5, 0.6) is 0 Å². The van der Waals surface area contributed by atoms with Gasteiger partial charge in [-0.25, -0.2) is 16.4 Å². The lowest BCUT2D eigenvalue weighted by atomic mass is 10.5. The molecule has 0 atom stereocenters. The van der Waals surface area contributed by atoms with Crippen molar-refractivity contribution in [3.63, 3.8) is 0 Å². The van der Waals surface area contributed by atoms with Crippen molar-refractivity contribution < 1.29 is 9.53 Å². The number of hydrogen-bond acceptors (Lipinski definition) is 3. The van der Waals surface area contributed by atoms with Gasteiger partial charge in [-0.2, -0.15) is 0 Å². The Morgan fingerprint density at radius 3 is 3.25 bits per heavy atom. The molecule has 0 aliphatic heterocycles. The molecule has 1 aromatic rings. The van der Waals surface area contributed by atoms with Crippen LogP contribution < -0.4 is 0 Å². The van der Waals surface area contributed by atoms with Crippen molar-refractivity contribution >= 4 is 5.97 Å². The number of imidazole rings is 1. The molecule has 0 amide bonds. The zero-order chi connectivity index (χ0) is 8.97. The van der Waals surface area contributed by atoms with Gasteiger partial charge in [0, 0.05) is 6.20 Å². The summed E-state index contributed by atoms with van der Waals surface area (Å²) < 4.78 is 5.95. The van der Waals surface area contributed by atoms with Gasteiger partial charge in [0.15, 0.2) is 5.69 Å². The van der Waals surface area contributed by atoms with Crippen molar-refractivity contribution in [1.82, 2.24) is 9.55 Å². The van der Waals surface area contributed by atoms with Crippen molar-refractivity contribution in [2.45, 2.75) is 6.67 Å². The number of ether oxygens (including phenoxy) is 1. The second-order valence-corrected chi connectivity index (χ2v) is 2.06. The van der Waals surface area contributed by atoms with Gasteiger partial charge in [-0.05, 0) is 0 Å². The molecule has 0 radical (unpaired) electrons. The molecule has 0 aliphatic carbocycles. The monoisotopic (exact) mass is 165 g/mol. The van der Waals surface area contributed by atoms with Crippen molar-refractivity contribution in [3.05, 3.63) is 29.6 Å². The second kappa shape index (κ2) is 3.53.